The maximum Gasteiger partial charge on any atom is 0.0849 e. The van der Waals surface area contributed by atoms with E-state index in [9.17, 15) is 5.11 Å². The topological polar surface area (TPSA) is 35.9 Å². The number of nitrogens with zero attached hydrogens (tertiary/aromatic N) is 2. The molecule has 0 saturated heterocycles. The van der Waals surface area contributed by atoms with Gasteiger partial charge in [0, 0.05) is 38.3 Å². The van der Waals surface area contributed by atoms with E-state index >= 15 is 0 Å². The number of aliphatic hydroxyl groups is 1. The van der Waals surface area contributed by atoms with Crippen LogP contribution in [0.5, 0.6) is 0 Å². The monoisotopic (exact) mass is 527 g/mol. The molecular weight excluding hydrogens is 456 g/mol. The van der Waals surface area contributed by atoms with Crippen molar-refractivity contribution in [3.63, 3.8) is 0 Å². The van der Waals surface area contributed by atoms with Gasteiger partial charge in [-0.15, -0.1) is 0 Å². The minimum absolute atomic E-state index is 0.223. The molecule has 1 N–H and O–H groups in total. The van der Waals surface area contributed by atoms with Gasteiger partial charge < -0.3 is 9.84 Å². The van der Waals surface area contributed by atoms with Gasteiger partial charge in [-0.05, 0) is 89.9 Å². The SMILES string of the molecule is CC(C)CC(C)N(CCN(CC(C)C(C)(C)C)C(C)CC(C)(C)C)CC(C)C(C)(C)OC(C)C(C)(C)O. The smallest absolute Gasteiger partial charge is 0.0849 e. The first-order valence-corrected chi connectivity index (χ1v) is 15.2. The molecule has 0 aromatic heterocycles. The summed E-state index contributed by atoms with van der Waals surface area (Å²) in [6.07, 6.45) is 2.18. The van der Waals surface area contributed by atoms with Crippen LogP contribution in [0, 0.1) is 28.6 Å². The minimum Gasteiger partial charge on any atom is -0.388 e. The highest BCUT2D eigenvalue weighted by Crippen LogP contribution is 2.31. The van der Waals surface area contributed by atoms with Crippen molar-refractivity contribution in [2.45, 2.75) is 160 Å². The summed E-state index contributed by atoms with van der Waals surface area (Å²) in [4.78, 5) is 5.47. The Morgan fingerprint density at radius 3 is 1.46 bits per heavy atom. The van der Waals surface area contributed by atoms with E-state index in [-0.39, 0.29) is 11.7 Å². The lowest BCUT2D eigenvalue weighted by molar-refractivity contribution is -0.163. The molecule has 0 amide bonds. The molecule has 0 aromatic rings. The Morgan fingerprint density at radius 2 is 1.08 bits per heavy atom. The van der Waals surface area contributed by atoms with Gasteiger partial charge in [-0.3, -0.25) is 9.80 Å². The van der Waals surface area contributed by atoms with Crippen LogP contribution >= 0.6 is 0 Å². The Hall–Kier alpha value is -0.160. The van der Waals surface area contributed by atoms with Crippen LogP contribution in [-0.2, 0) is 4.74 Å². The molecule has 224 valence electrons. The predicted octanol–water partition coefficient (Wildman–Crippen LogP) is 8.12. The van der Waals surface area contributed by atoms with Gasteiger partial charge in [-0.1, -0.05) is 69.2 Å². The fourth-order valence-corrected chi connectivity index (χ4v) is 5.00. The number of hydrogen-bond donors (Lipinski definition) is 1. The second-order valence-corrected chi connectivity index (χ2v) is 16.3. The zero-order chi connectivity index (χ0) is 29.6. The molecule has 0 fully saturated rings. The maximum absolute atomic E-state index is 10.5. The number of hydrogen-bond acceptors (Lipinski definition) is 4. The molecular formula is C33H70N2O2. The van der Waals surface area contributed by atoms with E-state index in [2.05, 4.69) is 107 Å². The van der Waals surface area contributed by atoms with E-state index in [1.54, 1.807) is 0 Å². The van der Waals surface area contributed by atoms with Gasteiger partial charge in [0.2, 0.25) is 0 Å². The van der Waals surface area contributed by atoms with Crippen LogP contribution < -0.4 is 0 Å². The molecule has 4 nitrogen and oxygen atoms in total. The third kappa shape index (κ3) is 14.7. The van der Waals surface area contributed by atoms with E-state index in [0.717, 1.165) is 26.2 Å². The van der Waals surface area contributed by atoms with Crippen molar-refractivity contribution in [3.05, 3.63) is 0 Å². The molecule has 0 aliphatic rings. The van der Waals surface area contributed by atoms with E-state index in [1.165, 1.54) is 12.8 Å². The third-order valence-electron chi connectivity index (χ3n) is 8.80. The largest absolute Gasteiger partial charge is 0.388 e. The molecule has 0 rings (SSSR count). The van der Waals surface area contributed by atoms with Crippen LogP contribution in [0.2, 0.25) is 0 Å². The van der Waals surface area contributed by atoms with Crippen LogP contribution in [0.25, 0.3) is 0 Å². The molecule has 0 aliphatic heterocycles. The Kier molecular flexibility index (Phi) is 14.4. The fourth-order valence-electron chi connectivity index (χ4n) is 5.00. The Morgan fingerprint density at radius 1 is 0.649 bits per heavy atom. The van der Waals surface area contributed by atoms with Crippen LogP contribution in [-0.4, -0.2) is 70.5 Å². The standard InChI is InChI=1S/C33H70N2O2/c1-24(2)20-27(5)34(23-26(4)33(16,17)37-29(7)32(14,15)36)18-19-35(22-25(3)31(11,12)13)28(6)21-30(8,9)10/h24-29,36H,18-23H2,1-17H3. The zero-order valence-electron chi connectivity index (χ0n) is 28.5. The van der Waals surface area contributed by atoms with Crippen molar-refractivity contribution in [2.75, 3.05) is 26.2 Å². The summed E-state index contributed by atoms with van der Waals surface area (Å²) in [7, 11) is 0. The van der Waals surface area contributed by atoms with Gasteiger partial charge in [0.15, 0.2) is 0 Å². The second-order valence-electron chi connectivity index (χ2n) is 16.3. The van der Waals surface area contributed by atoms with Gasteiger partial charge in [0.1, 0.15) is 0 Å². The first-order chi connectivity index (χ1) is 16.4. The summed E-state index contributed by atoms with van der Waals surface area (Å²) in [6, 6.07) is 1.07. The Labute approximate surface area is 234 Å². The summed E-state index contributed by atoms with van der Waals surface area (Å²) in [5, 5.41) is 10.5. The average Bonchev–Trinajstić information content (AvgIpc) is 2.65. The molecule has 0 spiro atoms. The minimum atomic E-state index is -0.852. The van der Waals surface area contributed by atoms with Crippen molar-refractivity contribution in [1.29, 1.82) is 0 Å². The quantitative estimate of drug-likeness (QED) is 0.220. The fraction of sp³-hybridized carbons (Fsp3) is 1.00. The average molecular weight is 527 g/mol. The van der Waals surface area contributed by atoms with E-state index < -0.39 is 5.60 Å². The van der Waals surface area contributed by atoms with E-state index in [4.69, 9.17) is 4.74 Å². The Bertz CT molecular complexity index is 624. The number of rotatable bonds is 16. The summed E-state index contributed by atoms with van der Waals surface area (Å²) in [5.41, 5.74) is -0.554. The van der Waals surface area contributed by atoms with Crippen LogP contribution in [0.4, 0.5) is 0 Å². The van der Waals surface area contributed by atoms with Gasteiger partial charge in [0.25, 0.3) is 0 Å². The lowest BCUT2D eigenvalue weighted by atomic mass is 9.81. The zero-order valence-corrected chi connectivity index (χ0v) is 28.5. The van der Waals surface area contributed by atoms with Crippen LogP contribution in [0.1, 0.15) is 131 Å². The maximum atomic E-state index is 10.5. The van der Waals surface area contributed by atoms with Gasteiger partial charge in [0.05, 0.1) is 17.3 Å². The highest BCUT2D eigenvalue weighted by molar-refractivity contribution is 4.86. The first kappa shape index (κ1) is 36.8. The summed E-state index contributed by atoms with van der Waals surface area (Å²) in [5.74, 6) is 1.64. The third-order valence-corrected chi connectivity index (χ3v) is 8.80. The molecule has 5 atom stereocenters. The van der Waals surface area contributed by atoms with Crippen molar-refractivity contribution >= 4 is 0 Å². The normalized spacial score (nSPS) is 18.4. The lowest BCUT2D eigenvalue weighted by Crippen LogP contribution is -2.51. The van der Waals surface area contributed by atoms with Gasteiger partial charge in [-0.25, -0.2) is 0 Å². The van der Waals surface area contributed by atoms with E-state index in [1.807, 2.05) is 20.8 Å². The second kappa shape index (κ2) is 14.5. The van der Waals surface area contributed by atoms with Gasteiger partial charge in [-0.2, -0.15) is 0 Å². The van der Waals surface area contributed by atoms with Crippen molar-refractivity contribution in [2.24, 2.45) is 28.6 Å². The highest BCUT2D eigenvalue weighted by atomic mass is 16.5. The Balaban J connectivity index is 5.77. The van der Waals surface area contributed by atoms with E-state index in [0.29, 0.717) is 40.7 Å². The first-order valence-electron chi connectivity index (χ1n) is 15.2. The molecule has 0 heterocycles. The molecule has 37 heavy (non-hydrogen) atoms. The molecule has 4 heteroatoms. The van der Waals surface area contributed by atoms with Gasteiger partial charge >= 0.3 is 0 Å². The molecule has 0 saturated carbocycles. The molecule has 0 radical (unpaired) electrons. The summed E-state index contributed by atoms with van der Waals surface area (Å²) in [6.45, 7) is 42.8. The van der Waals surface area contributed by atoms with Crippen molar-refractivity contribution in [3.8, 4) is 0 Å². The van der Waals surface area contributed by atoms with Crippen LogP contribution in [0.15, 0.2) is 0 Å². The van der Waals surface area contributed by atoms with Crippen molar-refractivity contribution < 1.29 is 9.84 Å². The molecule has 0 aromatic carbocycles. The van der Waals surface area contributed by atoms with Crippen molar-refractivity contribution in [1.82, 2.24) is 9.80 Å². The number of ether oxygens (including phenoxy) is 1. The van der Waals surface area contributed by atoms with Crippen LogP contribution in [0.3, 0.4) is 0 Å². The molecule has 5 unspecified atom stereocenters. The summed E-state index contributed by atoms with van der Waals surface area (Å²) < 4.78 is 6.45. The highest BCUT2D eigenvalue weighted by Gasteiger charge is 2.35. The molecule has 0 bridgehead atoms. The summed E-state index contributed by atoms with van der Waals surface area (Å²) >= 11 is 0. The predicted molar refractivity (Wildman–Crippen MR) is 164 cm³/mol. The lowest BCUT2D eigenvalue weighted by Gasteiger charge is -2.43. The molecule has 0 aliphatic carbocycles.